The Kier molecular flexibility index (Phi) is 4.33. The molecule has 1 aliphatic rings. The van der Waals surface area contributed by atoms with Crippen LogP contribution in [0.5, 0.6) is 0 Å². The molecule has 1 saturated heterocycles. The first kappa shape index (κ1) is 11.1. The summed E-state index contributed by atoms with van der Waals surface area (Å²) in [5.41, 5.74) is 1.01. The summed E-state index contributed by atoms with van der Waals surface area (Å²) in [7, 11) is 0. The molecule has 1 nitrogen and oxygen atoms in total. The summed E-state index contributed by atoms with van der Waals surface area (Å²) in [6.07, 6.45) is 6.16. The summed E-state index contributed by atoms with van der Waals surface area (Å²) < 4.78 is 0. The normalized spacial score (nSPS) is 21.2. The Morgan fingerprint density at radius 3 is 2.54 bits per heavy atom. The zero-order valence-electron chi connectivity index (χ0n) is 8.68. The van der Waals surface area contributed by atoms with Gasteiger partial charge in [0, 0.05) is 0 Å². The molecule has 0 aromatic carbocycles. The van der Waals surface area contributed by atoms with Gasteiger partial charge in [-0.1, -0.05) is 11.6 Å². The van der Waals surface area contributed by atoms with Crippen LogP contribution >= 0.6 is 11.8 Å². The van der Waals surface area contributed by atoms with Crippen molar-refractivity contribution in [3.8, 4) is 0 Å². The molecule has 1 rings (SSSR count). The fraction of sp³-hybridized carbons (Fsp3) is 0.818. The molecule has 0 saturated carbocycles. The molecule has 0 aromatic heterocycles. The minimum atomic E-state index is -0.350. The first-order valence-corrected chi connectivity index (χ1v) is 6.21. The summed E-state index contributed by atoms with van der Waals surface area (Å²) in [6, 6.07) is 0. The van der Waals surface area contributed by atoms with Crippen molar-refractivity contribution in [2.75, 3.05) is 11.5 Å². The standard InChI is InChI=1S/C11H20OS/c1-10(2)4-3-5-11(12)6-8-13-9-7-11/h4,12H,3,5-9H2,1-2H3. The van der Waals surface area contributed by atoms with E-state index in [1.165, 1.54) is 5.57 Å². The van der Waals surface area contributed by atoms with Gasteiger partial charge in [-0.05, 0) is 51.0 Å². The van der Waals surface area contributed by atoms with Crippen LogP contribution in [0.4, 0.5) is 0 Å². The number of hydrogen-bond donors (Lipinski definition) is 1. The van der Waals surface area contributed by atoms with Crippen LogP contribution in [-0.4, -0.2) is 22.2 Å². The average Bonchev–Trinajstić information content (AvgIpc) is 2.04. The van der Waals surface area contributed by atoms with E-state index < -0.39 is 0 Å². The fourth-order valence-electron chi connectivity index (χ4n) is 1.63. The number of aliphatic hydroxyl groups is 1. The molecule has 0 bridgehead atoms. The highest BCUT2D eigenvalue weighted by Gasteiger charge is 2.28. The van der Waals surface area contributed by atoms with E-state index in [0.717, 1.165) is 37.2 Å². The Bertz CT molecular complexity index is 177. The van der Waals surface area contributed by atoms with Crippen molar-refractivity contribution in [1.29, 1.82) is 0 Å². The molecule has 1 aliphatic heterocycles. The number of thioether (sulfide) groups is 1. The van der Waals surface area contributed by atoms with Gasteiger partial charge < -0.3 is 5.11 Å². The zero-order chi connectivity index (χ0) is 9.73. The second-order valence-electron chi connectivity index (χ2n) is 4.16. The van der Waals surface area contributed by atoms with Gasteiger partial charge in [0.05, 0.1) is 5.60 Å². The largest absolute Gasteiger partial charge is 0.390 e. The van der Waals surface area contributed by atoms with Gasteiger partial charge in [0.1, 0.15) is 0 Å². The third kappa shape index (κ3) is 4.19. The molecule has 1 heterocycles. The first-order chi connectivity index (χ1) is 6.12. The number of allylic oxidation sites excluding steroid dienone is 2. The molecule has 2 heteroatoms. The second-order valence-corrected chi connectivity index (χ2v) is 5.38. The quantitative estimate of drug-likeness (QED) is 0.707. The van der Waals surface area contributed by atoms with Crippen LogP contribution in [0.1, 0.15) is 39.5 Å². The van der Waals surface area contributed by atoms with Gasteiger partial charge >= 0.3 is 0 Å². The average molecular weight is 200 g/mol. The number of rotatable bonds is 3. The minimum absolute atomic E-state index is 0.350. The van der Waals surface area contributed by atoms with Gasteiger partial charge in [0.2, 0.25) is 0 Å². The lowest BCUT2D eigenvalue weighted by molar-refractivity contribution is 0.0243. The lowest BCUT2D eigenvalue weighted by atomic mass is 9.91. The van der Waals surface area contributed by atoms with Crippen LogP contribution in [0.3, 0.4) is 0 Å². The van der Waals surface area contributed by atoms with E-state index in [9.17, 15) is 5.11 Å². The maximum Gasteiger partial charge on any atom is 0.0666 e. The Morgan fingerprint density at radius 2 is 2.00 bits per heavy atom. The Labute approximate surface area is 85.6 Å². The van der Waals surface area contributed by atoms with E-state index in [1.54, 1.807) is 0 Å². The molecule has 0 amide bonds. The maximum absolute atomic E-state index is 10.1. The Morgan fingerprint density at radius 1 is 1.38 bits per heavy atom. The Balaban J connectivity index is 2.29. The molecule has 0 aromatic rings. The van der Waals surface area contributed by atoms with Gasteiger partial charge in [-0.2, -0.15) is 11.8 Å². The van der Waals surface area contributed by atoms with Gasteiger partial charge in [0.25, 0.3) is 0 Å². The monoisotopic (exact) mass is 200 g/mol. The highest BCUT2D eigenvalue weighted by molar-refractivity contribution is 7.99. The van der Waals surface area contributed by atoms with Crippen LogP contribution in [0.2, 0.25) is 0 Å². The SMILES string of the molecule is CC(C)=CCCC1(O)CCSCC1. The third-order valence-electron chi connectivity index (χ3n) is 2.59. The molecular formula is C11H20OS. The maximum atomic E-state index is 10.1. The third-order valence-corrected chi connectivity index (χ3v) is 3.57. The molecular weight excluding hydrogens is 180 g/mol. The Hall–Kier alpha value is 0.0500. The van der Waals surface area contributed by atoms with Crippen LogP contribution in [0.25, 0.3) is 0 Å². The highest BCUT2D eigenvalue weighted by atomic mass is 32.2. The van der Waals surface area contributed by atoms with Crippen LogP contribution in [0.15, 0.2) is 11.6 Å². The summed E-state index contributed by atoms with van der Waals surface area (Å²) in [5.74, 6) is 2.26. The highest BCUT2D eigenvalue weighted by Crippen LogP contribution is 2.30. The second kappa shape index (κ2) is 5.06. The van der Waals surface area contributed by atoms with E-state index in [0.29, 0.717) is 0 Å². The molecule has 13 heavy (non-hydrogen) atoms. The molecule has 1 N–H and O–H groups in total. The van der Waals surface area contributed by atoms with Gasteiger partial charge in [-0.25, -0.2) is 0 Å². The van der Waals surface area contributed by atoms with E-state index in [2.05, 4.69) is 19.9 Å². The van der Waals surface area contributed by atoms with Crippen molar-refractivity contribution >= 4 is 11.8 Å². The van der Waals surface area contributed by atoms with Crippen LogP contribution in [0, 0.1) is 0 Å². The fourth-order valence-corrected chi connectivity index (χ4v) is 2.88. The summed E-state index contributed by atoms with van der Waals surface area (Å²) >= 11 is 1.96. The van der Waals surface area contributed by atoms with Gasteiger partial charge in [0.15, 0.2) is 0 Å². The van der Waals surface area contributed by atoms with Gasteiger partial charge in [-0.15, -0.1) is 0 Å². The van der Waals surface area contributed by atoms with Crippen LogP contribution < -0.4 is 0 Å². The smallest absolute Gasteiger partial charge is 0.0666 e. The van der Waals surface area contributed by atoms with Crippen molar-refractivity contribution in [2.45, 2.75) is 45.1 Å². The van der Waals surface area contributed by atoms with Crippen molar-refractivity contribution in [3.05, 3.63) is 11.6 Å². The lowest BCUT2D eigenvalue weighted by Gasteiger charge is -2.31. The first-order valence-electron chi connectivity index (χ1n) is 5.06. The van der Waals surface area contributed by atoms with E-state index >= 15 is 0 Å². The van der Waals surface area contributed by atoms with Crippen molar-refractivity contribution in [2.24, 2.45) is 0 Å². The summed E-state index contributed by atoms with van der Waals surface area (Å²) in [4.78, 5) is 0. The molecule has 0 unspecified atom stereocenters. The predicted molar refractivity (Wildman–Crippen MR) is 60.2 cm³/mol. The van der Waals surface area contributed by atoms with E-state index in [1.807, 2.05) is 11.8 Å². The minimum Gasteiger partial charge on any atom is -0.390 e. The molecule has 0 spiro atoms. The zero-order valence-corrected chi connectivity index (χ0v) is 9.49. The molecule has 0 radical (unpaired) electrons. The van der Waals surface area contributed by atoms with Gasteiger partial charge in [-0.3, -0.25) is 0 Å². The number of hydrogen-bond acceptors (Lipinski definition) is 2. The van der Waals surface area contributed by atoms with E-state index in [-0.39, 0.29) is 5.60 Å². The lowest BCUT2D eigenvalue weighted by Crippen LogP contribution is -2.32. The molecule has 1 fully saturated rings. The summed E-state index contributed by atoms with van der Waals surface area (Å²) in [6.45, 7) is 4.22. The van der Waals surface area contributed by atoms with Crippen molar-refractivity contribution in [3.63, 3.8) is 0 Å². The topological polar surface area (TPSA) is 20.2 Å². The molecule has 76 valence electrons. The van der Waals surface area contributed by atoms with E-state index in [4.69, 9.17) is 0 Å². The van der Waals surface area contributed by atoms with Crippen LogP contribution in [-0.2, 0) is 0 Å². The predicted octanol–water partition coefficient (Wildman–Crippen LogP) is 2.99. The van der Waals surface area contributed by atoms with Crippen molar-refractivity contribution < 1.29 is 5.11 Å². The summed E-state index contributed by atoms with van der Waals surface area (Å²) in [5, 5.41) is 10.1. The molecule has 0 atom stereocenters. The molecule has 0 aliphatic carbocycles. The van der Waals surface area contributed by atoms with Crippen molar-refractivity contribution in [1.82, 2.24) is 0 Å².